The summed E-state index contributed by atoms with van der Waals surface area (Å²) in [5, 5.41) is 2.11. The minimum atomic E-state index is 0.418. The normalized spacial score (nSPS) is 10.8. The molecule has 0 saturated carbocycles. The van der Waals surface area contributed by atoms with Gasteiger partial charge >= 0.3 is 0 Å². The van der Waals surface area contributed by atoms with E-state index in [1.807, 2.05) is 36.4 Å². The second kappa shape index (κ2) is 5.36. The molecule has 0 saturated heterocycles. The van der Waals surface area contributed by atoms with Crippen molar-refractivity contribution in [2.75, 3.05) is 6.61 Å². The van der Waals surface area contributed by atoms with Crippen molar-refractivity contribution in [1.82, 2.24) is 0 Å². The van der Waals surface area contributed by atoms with Gasteiger partial charge in [-0.05, 0) is 23.4 Å². The maximum Gasteiger partial charge on any atom is 0.127 e. The van der Waals surface area contributed by atoms with Gasteiger partial charge in [0.2, 0.25) is 0 Å². The summed E-state index contributed by atoms with van der Waals surface area (Å²) in [7, 11) is 0. The molecular formula is C15H17NOS. The zero-order valence-corrected chi connectivity index (χ0v) is 11.5. The van der Waals surface area contributed by atoms with Crippen LogP contribution in [-0.2, 0) is 0 Å². The topological polar surface area (TPSA) is 35.2 Å². The Balaban J connectivity index is 2.50. The van der Waals surface area contributed by atoms with Crippen LogP contribution < -0.4 is 10.5 Å². The molecule has 18 heavy (non-hydrogen) atoms. The molecule has 0 spiro atoms. The molecule has 2 rings (SSSR count). The molecule has 0 bridgehead atoms. The molecule has 2 aromatic rings. The Labute approximate surface area is 113 Å². The minimum absolute atomic E-state index is 0.418. The Bertz CT molecular complexity index is 578. The molecule has 0 fully saturated rings. The van der Waals surface area contributed by atoms with Crippen molar-refractivity contribution in [3.63, 3.8) is 0 Å². The molecule has 3 heteroatoms. The molecule has 0 aliphatic carbocycles. The van der Waals surface area contributed by atoms with Gasteiger partial charge in [-0.3, -0.25) is 0 Å². The van der Waals surface area contributed by atoms with Crippen molar-refractivity contribution in [2.24, 2.45) is 11.7 Å². The first kappa shape index (κ1) is 12.8. The van der Waals surface area contributed by atoms with E-state index in [2.05, 4.69) is 13.8 Å². The number of ether oxygens (including phenoxy) is 1. The highest BCUT2D eigenvalue weighted by atomic mass is 32.1. The van der Waals surface area contributed by atoms with Gasteiger partial charge in [-0.15, -0.1) is 0 Å². The predicted molar refractivity (Wildman–Crippen MR) is 80.2 cm³/mol. The minimum Gasteiger partial charge on any atom is -0.493 e. The van der Waals surface area contributed by atoms with Gasteiger partial charge in [0.1, 0.15) is 10.7 Å². The molecule has 0 radical (unpaired) electrons. The fourth-order valence-corrected chi connectivity index (χ4v) is 2.05. The predicted octanol–water partition coefficient (Wildman–Crippen LogP) is 3.51. The SMILES string of the molecule is CC(C)COc1ccc(C(N)=S)c2ccccc12. The van der Waals surface area contributed by atoms with Gasteiger partial charge in [-0.2, -0.15) is 0 Å². The van der Waals surface area contributed by atoms with Gasteiger partial charge in [0.05, 0.1) is 6.61 Å². The molecule has 2 aromatic carbocycles. The van der Waals surface area contributed by atoms with Gasteiger partial charge in [-0.25, -0.2) is 0 Å². The van der Waals surface area contributed by atoms with Crippen LogP contribution in [0.15, 0.2) is 36.4 Å². The van der Waals surface area contributed by atoms with Crippen LogP contribution in [0.3, 0.4) is 0 Å². The van der Waals surface area contributed by atoms with Crippen molar-refractivity contribution in [2.45, 2.75) is 13.8 Å². The van der Waals surface area contributed by atoms with Gasteiger partial charge < -0.3 is 10.5 Å². The lowest BCUT2D eigenvalue weighted by Gasteiger charge is -2.13. The number of nitrogens with two attached hydrogens (primary N) is 1. The average molecular weight is 259 g/mol. The standard InChI is InChI=1S/C15H17NOS/c1-10(2)9-17-14-8-7-13(15(16)18)11-5-3-4-6-12(11)14/h3-8,10H,9H2,1-2H3,(H2,16,18). The summed E-state index contributed by atoms with van der Waals surface area (Å²) in [6.45, 7) is 4.97. The molecule has 2 nitrogen and oxygen atoms in total. The lowest BCUT2D eigenvalue weighted by atomic mass is 10.0. The third-order valence-electron chi connectivity index (χ3n) is 2.72. The van der Waals surface area contributed by atoms with E-state index in [4.69, 9.17) is 22.7 Å². The number of fused-ring (bicyclic) bond motifs is 1. The average Bonchev–Trinajstić information content (AvgIpc) is 2.35. The van der Waals surface area contributed by atoms with Crippen LogP contribution >= 0.6 is 12.2 Å². The lowest BCUT2D eigenvalue weighted by Crippen LogP contribution is -2.10. The molecule has 0 heterocycles. The van der Waals surface area contributed by atoms with Crippen molar-refractivity contribution in [1.29, 1.82) is 0 Å². The number of hydrogen-bond donors (Lipinski definition) is 1. The van der Waals surface area contributed by atoms with Crippen LogP contribution in [0.5, 0.6) is 5.75 Å². The van der Waals surface area contributed by atoms with Crippen molar-refractivity contribution in [3.05, 3.63) is 42.0 Å². The van der Waals surface area contributed by atoms with Crippen LogP contribution in [0.2, 0.25) is 0 Å². The van der Waals surface area contributed by atoms with E-state index in [-0.39, 0.29) is 0 Å². The monoisotopic (exact) mass is 259 g/mol. The second-order valence-electron chi connectivity index (χ2n) is 4.73. The molecule has 2 N–H and O–H groups in total. The largest absolute Gasteiger partial charge is 0.493 e. The quantitative estimate of drug-likeness (QED) is 0.853. The zero-order chi connectivity index (χ0) is 13.1. The third-order valence-corrected chi connectivity index (χ3v) is 2.94. The molecule has 0 amide bonds. The molecule has 0 atom stereocenters. The maximum absolute atomic E-state index is 5.83. The molecular weight excluding hydrogens is 242 g/mol. The van der Waals surface area contributed by atoms with Gasteiger partial charge in [0.15, 0.2) is 0 Å². The van der Waals surface area contributed by atoms with Gasteiger partial charge in [0.25, 0.3) is 0 Å². The summed E-state index contributed by atoms with van der Waals surface area (Å²) >= 11 is 5.08. The summed E-state index contributed by atoms with van der Waals surface area (Å²) in [6.07, 6.45) is 0. The van der Waals surface area contributed by atoms with Crippen molar-refractivity contribution in [3.8, 4) is 5.75 Å². The van der Waals surface area contributed by atoms with Crippen LogP contribution in [-0.4, -0.2) is 11.6 Å². The van der Waals surface area contributed by atoms with E-state index in [9.17, 15) is 0 Å². The second-order valence-corrected chi connectivity index (χ2v) is 5.17. The van der Waals surface area contributed by atoms with E-state index in [1.165, 1.54) is 0 Å². The number of rotatable bonds is 4. The van der Waals surface area contributed by atoms with E-state index < -0.39 is 0 Å². The number of hydrogen-bond acceptors (Lipinski definition) is 2. The number of thiocarbonyl (C=S) groups is 1. The smallest absolute Gasteiger partial charge is 0.127 e. The summed E-state index contributed by atoms with van der Waals surface area (Å²) < 4.78 is 5.83. The summed E-state index contributed by atoms with van der Waals surface area (Å²) in [5.41, 5.74) is 6.64. The van der Waals surface area contributed by atoms with Crippen molar-refractivity contribution < 1.29 is 4.74 Å². The Morgan fingerprint density at radius 3 is 2.44 bits per heavy atom. The zero-order valence-electron chi connectivity index (χ0n) is 10.6. The fraction of sp³-hybridized carbons (Fsp3) is 0.267. The Hall–Kier alpha value is -1.61. The molecule has 94 valence electrons. The molecule has 0 aliphatic heterocycles. The highest BCUT2D eigenvalue weighted by Gasteiger charge is 2.08. The highest BCUT2D eigenvalue weighted by molar-refractivity contribution is 7.80. The first-order valence-corrected chi connectivity index (χ1v) is 6.44. The molecule has 0 aromatic heterocycles. The van der Waals surface area contributed by atoms with Crippen LogP contribution in [0.4, 0.5) is 0 Å². The third kappa shape index (κ3) is 2.62. The van der Waals surface area contributed by atoms with E-state index in [1.54, 1.807) is 0 Å². The molecule has 0 aliphatic rings. The fourth-order valence-electron chi connectivity index (χ4n) is 1.87. The Morgan fingerprint density at radius 1 is 1.17 bits per heavy atom. The summed E-state index contributed by atoms with van der Waals surface area (Å²) in [6, 6.07) is 11.9. The van der Waals surface area contributed by atoms with Gasteiger partial charge in [-0.1, -0.05) is 50.3 Å². The van der Waals surface area contributed by atoms with Gasteiger partial charge in [0, 0.05) is 10.9 Å². The number of benzene rings is 2. The molecule has 0 unspecified atom stereocenters. The van der Waals surface area contributed by atoms with Crippen LogP contribution in [0.1, 0.15) is 19.4 Å². The highest BCUT2D eigenvalue weighted by Crippen LogP contribution is 2.28. The van der Waals surface area contributed by atoms with E-state index in [0.29, 0.717) is 17.5 Å². The summed E-state index contributed by atoms with van der Waals surface area (Å²) in [5.74, 6) is 1.39. The Morgan fingerprint density at radius 2 is 1.83 bits per heavy atom. The van der Waals surface area contributed by atoms with E-state index in [0.717, 1.165) is 22.1 Å². The van der Waals surface area contributed by atoms with E-state index >= 15 is 0 Å². The van der Waals surface area contributed by atoms with Crippen LogP contribution in [0, 0.1) is 5.92 Å². The maximum atomic E-state index is 5.83. The van der Waals surface area contributed by atoms with Crippen LogP contribution in [0.25, 0.3) is 10.8 Å². The summed E-state index contributed by atoms with van der Waals surface area (Å²) in [4.78, 5) is 0.418. The Kier molecular flexibility index (Phi) is 3.82. The first-order valence-electron chi connectivity index (χ1n) is 6.04. The lowest BCUT2D eigenvalue weighted by molar-refractivity contribution is 0.274. The van der Waals surface area contributed by atoms with Crippen molar-refractivity contribution >= 4 is 28.0 Å². The first-order chi connectivity index (χ1) is 8.59.